The maximum absolute atomic E-state index is 14.1. The Morgan fingerprint density at radius 2 is 1.55 bits per heavy atom. The molecule has 0 saturated heterocycles. The third-order valence-corrected chi connectivity index (χ3v) is 8.76. The number of halogens is 1. The molecule has 2 amide bonds. The van der Waals surface area contributed by atoms with Crippen LogP contribution in [0, 0.1) is 6.92 Å². The lowest BCUT2D eigenvalue weighted by atomic mass is 10.1. The van der Waals surface area contributed by atoms with E-state index in [2.05, 4.69) is 21.2 Å². The molecule has 0 bridgehead atoms. The standard InChI is InChI=1S/C31H38BrN3O4S/c1-7-25-10-8-9-11-28(25)35(40(38,39)27-18-12-22(2)13-19-27)21-29(36)34(20-24-14-16-26(32)17-15-24)23(3)30(37)33-31(4,5)6/h8-19,23H,7,20-21H2,1-6H3,(H,33,37). The second-order valence-corrected chi connectivity index (χ2v) is 13.6. The van der Waals surface area contributed by atoms with E-state index < -0.39 is 34.1 Å². The summed E-state index contributed by atoms with van der Waals surface area (Å²) in [6, 6.07) is 20.4. The summed E-state index contributed by atoms with van der Waals surface area (Å²) in [6.07, 6.45) is 0.581. The van der Waals surface area contributed by atoms with Crippen molar-refractivity contribution in [3.8, 4) is 0 Å². The van der Waals surface area contributed by atoms with Crippen molar-refractivity contribution in [1.82, 2.24) is 10.2 Å². The fraction of sp³-hybridized carbons (Fsp3) is 0.355. The number of carbonyl (C=O) groups excluding carboxylic acids is 2. The smallest absolute Gasteiger partial charge is 0.264 e. The van der Waals surface area contributed by atoms with Crippen LogP contribution in [0.3, 0.4) is 0 Å². The highest BCUT2D eigenvalue weighted by atomic mass is 79.9. The van der Waals surface area contributed by atoms with Crippen LogP contribution in [0.1, 0.15) is 51.3 Å². The summed E-state index contributed by atoms with van der Waals surface area (Å²) in [5.74, 6) is -0.805. The Balaban J connectivity index is 2.07. The van der Waals surface area contributed by atoms with Gasteiger partial charge in [-0.3, -0.25) is 13.9 Å². The fourth-order valence-electron chi connectivity index (χ4n) is 4.25. The first-order chi connectivity index (χ1) is 18.7. The van der Waals surface area contributed by atoms with E-state index in [0.29, 0.717) is 12.1 Å². The molecule has 0 heterocycles. The predicted molar refractivity (Wildman–Crippen MR) is 164 cm³/mol. The zero-order chi connectivity index (χ0) is 29.7. The lowest BCUT2D eigenvalue weighted by Gasteiger charge is -2.34. The van der Waals surface area contributed by atoms with Gasteiger partial charge in [0.15, 0.2) is 0 Å². The van der Waals surface area contributed by atoms with E-state index in [-0.39, 0.29) is 17.3 Å². The van der Waals surface area contributed by atoms with Gasteiger partial charge in [-0.2, -0.15) is 0 Å². The third-order valence-electron chi connectivity index (χ3n) is 6.46. The average Bonchev–Trinajstić information content (AvgIpc) is 2.90. The molecule has 0 aliphatic heterocycles. The number of nitrogens with one attached hydrogen (secondary N) is 1. The van der Waals surface area contributed by atoms with Crippen molar-refractivity contribution in [2.75, 3.05) is 10.8 Å². The number of hydrogen-bond acceptors (Lipinski definition) is 4. The summed E-state index contributed by atoms with van der Waals surface area (Å²) >= 11 is 3.43. The number of amides is 2. The zero-order valence-corrected chi connectivity index (χ0v) is 26.3. The van der Waals surface area contributed by atoms with Crippen LogP contribution in [0.4, 0.5) is 5.69 Å². The molecule has 40 heavy (non-hydrogen) atoms. The molecule has 214 valence electrons. The molecule has 9 heteroatoms. The van der Waals surface area contributed by atoms with E-state index in [1.165, 1.54) is 9.21 Å². The highest BCUT2D eigenvalue weighted by Crippen LogP contribution is 2.28. The second-order valence-electron chi connectivity index (χ2n) is 10.9. The van der Waals surface area contributed by atoms with Gasteiger partial charge in [-0.05, 0) is 82.5 Å². The van der Waals surface area contributed by atoms with Crippen molar-refractivity contribution in [2.24, 2.45) is 0 Å². The van der Waals surface area contributed by atoms with Gasteiger partial charge in [0.1, 0.15) is 12.6 Å². The minimum atomic E-state index is -4.11. The number of rotatable bonds is 10. The van der Waals surface area contributed by atoms with Crippen LogP contribution in [0.5, 0.6) is 0 Å². The Kier molecular flexibility index (Phi) is 10.2. The van der Waals surface area contributed by atoms with Crippen LogP contribution in [0.15, 0.2) is 82.2 Å². The molecule has 0 aliphatic rings. The van der Waals surface area contributed by atoms with Crippen LogP contribution in [0.25, 0.3) is 0 Å². The number of carbonyl (C=O) groups is 2. The van der Waals surface area contributed by atoms with Crippen LogP contribution in [-0.4, -0.2) is 43.3 Å². The van der Waals surface area contributed by atoms with Gasteiger partial charge in [-0.25, -0.2) is 8.42 Å². The Hall–Kier alpha value is -3.17. The number of para-hydroxylation sites is 1. The van der Waals surface area contributed by atoms with Crippen molar-refractivity contribution in [2.45, 2.75) is 71.0 Å². The molecular weight excluding hydrogens is 590 g/mol. The second kappa shape index (κ2) is 13.0. The monoisotopic (exact) mass is 627 g/mol. The minimum absolute atomic E-state index is 0.0924. The highest BCUT2D eigenvalue weighted by Gasteiger charge is 2.34. The van der Waals surface area contributed by atoms with Crippen LogP contribution in [0.2, 0.25) is 0 Å². The molecule has 3 aromatic rings. The summed E-state index contributed by atoms with van der Waals surface area (Å²) in [5.41, 5.74) is 2.47. The molecule has 1 atom stereocenters. The molecule has 0 aromatic heterocycles. The molecule has 0 radical (unpaired) electrons. The molecule has 0 aliphatic carbocycles. The Morgan fingerprint density at radius 1 is 0.950 bits per heavy atom. The van der Waals surface area contributed by atoms with Gasteiger partial charge in [0, 0.05) is 16.6 Å². The van der Waals surface area contributed by atoms with E-state index in [9.17, 15) is 18.0 Å². The zero-order valence-electron chi connectivity index (χ0n) is 23.9. The molecular formula is C31H38BrN3O4S. The molecule has 3 aromatic carbocycles. The van der Waals surface area contributed by atoms with Crippen LogP contribution in [-0.2, 0) is 32.6 Å². The van der Waals surface area contributed by atoms with Gasteiger partial charge in [-0.15, -0.1) is 0 Å². The van der Waals surface area contributed by atoms with E-state index in [4.69, 9.17) is 0 Å². The fourth-order valence-corrected chi connectivity index (χ4v) is 5.96. The maximum atomic E-state index is 14.1. The number of nitrogens with zero attached hydrogens (tertiary/aromatic N) is 2. The SMILES string of the molecule is CCc1ccccc1N(CC(=O)N(Cc1ccc(Br)cc1)C(C)C(=O)NC(C)(C)C)S(=O)(=O)c1ccc(C)cc1. The molecule has 0 fully saturated rings. The quantitative estimate of drug-likeness (QED) is 0.306. The number of hydrogen-bond donors (Lipinski definition) is 1. The lowest BCUT2D eigenvalue weighted by Crippen LogP contribution is -2.54. The first-order valence-corrected chi connectivity index (χ1v) is 15.5. The van der Waals surface area contributed by atoms with Crippen molar-refractivity contribution in [3.63, 3.8) is 0 Å². The predicted octanol–water partition coefficient (Wildman–Crippen LogP) is 5.85. The molecule has 0 saturated carbocycles. The van der Waals surface area contributed by atoms with Crippen molar-refractivity contribution >= 4 is 43.5 Å². The van der Waals surface area contributed by atoms with Crippen molar-refractivity contribution in [1.29, 1.82) is 0 Å². The molecule has 0 spiro atoms. The number of aryl methyl sites for hydroxylation is 2. The number of sulfonamides is 1. The summed E-state index contributed by atoms with van der Waals surface area (Å²) < 4.78 is 30.1. The van der Waals surface area contributed by atoms with Gasteiger partial charge in [-0.1, -0.05) is 70.9 Å². The molecule has 1 N–H and O–H groups in total. The first-order valence-electron chi connectivity index (χ1n) is 13.3. The largest absolute Gasteiger partial charge is 0.350 e. The van der Waals surface area contributed by atoms with Crippen LogP contribution >= 0.6 is 15.9 Å². The summed E-state index contributed by atoms with van der Waals surface area (Å²) in [6.45, 7) is 10.8. The minimum Gasteiger partial charge on any atom is -0.350 e. The number of anilines is 1. The summed E-state index contributed by atoms with van der Waals surface area (Å²) in [5, 5.41) is 2.94. The van der Waals surface area contributed by atoms with E-state index in [1.807, 2.05) is 71.0 Å². The van der Waals surface area contributed by atoms with E-state index in [1.54, 1.807) is 43.3 Å². The highest BCUT2D eigenvalue weighted by molar-refractivity contribution is 9.10. The average molecular weight is 629 g/mol. The van der Waals surface area contributed by atoms with E-state index in [0.717, 1.165) is 21.2 Å². The van der Waals surface area contributed by atoms with Crippen molar-refractivity contribution < 1.29 is 18.0 Å². The lowest BCUT2D eigenvalue weighted by molar-refractivity contribution is -0.140. The Morgan fingerprint density at radius 3 is 2.12 bits per heavy atom. The summed E-state index contributed by atoms with van der Waals surface area (Å²) in [4.78, 5) is 28.8. The topological polar surface area (TPSA) is 86.8 Å². The Bertz CT molecular complexity index is 1430. The van der Waals surface area contributed by atoms with Gasteiger partial charge in [0.25, 0.3) is 10.0 Å². The third kappa shape index (κ3) is 7.95. The molecule has 1 unspecified atom stereocenters. The van der Waals surface area contributed by atoms with Crippen LogP contribution < -0.4 is 9.62 Å². The molecule has 7 nitrogen and oxygen atoms in total. The van der Waals surface area contributed by atoms with Gasteiger partial charge in [0.2, 0.25) is 11.8 Å². The van der Waals surface area contributed by atoms with Gasteiger partial charge >= 0.3 is 0 Å². The van der Waals surface area contributed by atoms with Gasteiger partial charge < -0.3 is 10.2 Å². The van der Waals surface area contributed by atoms with E-state index >= 15 is 0 Å². The summed E-state index contributed by atoms with van der Waals surface area (Å²) in [7, 11) is -4.11. The van der Waals surface area contributed by atoms with Crippen molar-refractivity contribution in [3.05, 3.63) is 94.0 Å². The maximum Gasteiger partial charge on any atom is 0.264 e. The van der Waals surface area contributed by atoms with Gasteiger partial charge in [0.05, 0.1) is 10.6 Å². The molecule has 3 rings (SSSR count). The number of benzene rings is 3. The first kappa shape index (κ1) is 31.4. The normalized spacial score (nSPS) is 12.5. The Labute approximate surface area is 246 Å².